The molecule has 198 valence electrons. The summed E-state index contributed by atoms with van der Waals surface area (Å²) in [5, 5.41) is 10.7. The van der Waals surface area contributed by atoms with Gasteiger partial charge >= 0.3 is 0 Å². The summed E-state index contributed by atoms with van der Waals surface area (Å²) in [7, 11) is 0. The Balaban J connectivity index is 1.29. The van der Waals surface area contributed by atoms with E-state index in [0.29, 0.717) is 23.0 Å². The number of benzene rings is 2. The number of rotatable bonds is 6. The van der Waals surface area contributed by atoms with Gasteiger partial charge in [-0.1, -0.05) is 35.9 Å². The van der Waals surface area contributed by atoms with Gasteiger partial charge in [-0.25, -0.2) is 9.07 Å². The molecule has 0 saturated carbocycles. The lowest BCUT2D eigenvalue weighted by Gasteiger charge is -2.44. The van der Waals surface area contributed by atoms with Crippen LogP contribution in [0.3, 0.4) is 0 Å². The average molecular weight is 545 g/mol. The zero-order valence-corrected chi connectivity index (χ0v) is 21.7. The molecule has 2 amide bonds. The molecule has 2 N–H and O–H groups in total. The molecule has 2 bridgehead atoms. The van der Waals surface area contributed by atoms with Crippen molar-refractivity contribution in [2.24, 2.45) is 5.92 Å². The molecule has 1 atom stereocenters. The second-order valence-electron chi connectivity index (χ2n) is 9.86. The third kappa shape index (κ3) is 5.15. The van der Waals surface area contributed by atoms with Crippen LogP contribution >= 0.6 is 11.6 Å². The first-order valence-electron chi connectivity index (χ1n) is 12.9. The fourth-order valence-electron chi connectivity index (χ4n) is 5.35. The summed E-state index contributed by atoms with van der Waals surface area (Å²) in [6.07, 6.45) is 3.63. The molecule has 7 rings (SSSR count). The normalized spacial score (nSPS) is 20.0. The molecule has 2 aromatic carbocycles. The van der Waals surface area contributed by atoms with E-state index in [1.165, 1.54) is 35.1 Å². The number of piperidine rings is 3. The molecule has 1 unspecified atom stereocenters. The first-order chi connectivity index (χ1) is 19.0. The Labute approximate surface area is 229 Å². The maximum atomic E-state index is 14.3. The Morgan fingerprint density at radius 3 is 2.49 bits per heavy atom. The molecule has 8 nitrogen and oxygen atoms in total. The number of aromatic nitrogens is 3. The molecule has 3 fully saturated rings. The van der Waals surface area contributed by atoms with Gasteiger partial charge in [-0.15, -0.1) is 0 Å². The second-order valence-corrected chi connectivity index (χ2v) is 10.3. The molecular weight excluding hydrogens is 519 g/mol. The lowest BCUT2D eigenvalue weighted by molar-refractivity contribution is 0.0617. The number of nitrogens with zero attached hydrogens (tertiary/aromatic N) is 4. The topological polar surface area (TPSA) is 92.2 Å². The molecule has 10 heteroatoms. The van der Waals surface area contributed by atoms with Crippen LogP contribution in [0.1, 0.15) is 33.7 Å². The van der Waals surface area contributed by atoms with E-state index in [1.54, 1.807) is 12.1 Å². The molecule has 4 aromatic rings. The SMILES string of the molecule is O=C(NC1CN2CCC1CC2)c1cc(NC(=O)c2cc(-c3ncccc3F)ccc2Cl)n(-c2ccccc2)n1. The number of fused-ring (bicyclic) bond motifs is 3. The Hall–Kier alpha value is -4.08. The second kappa shape index (κ2) is 10.6. The predicted octanol–water partition coefficient (Wildman–Crippen LogP) is 4.80. The van der Waals surface area contributed by atoms with Crippen molar-refractivity contribution in [3.8, 4) is 16.9 Å². The molecule has 39 heavy (non-hydrogen) atoms. The minimum Gasteiger partial charge on any atom is -0.346 e. The van der Waals surface area contributed by atoms with Crippen molar-refractivity contribution in [2.75, 3.05) is 25.0 Å². The third-order valence-electron chi connectivity index (χ3n) is 7.40. The molecule has 0 spiro atoms. The van der Waals surface area contributed by atoms with Crippen LogP contribution in [0.5, 0.6) is 0 Å². The van der Waals surface area contributed by atoms with E-state index in [2.05, 4.69) is 25.6 Å². The first kappa shape index (κ1) is 25.2. The molecular formula is C29H26ClFN6O2. The predicted molar refractivity (Wildman–Crippen MR) is 147 cm³/mol. The summed E-state index contributed by atoms with van der Waals surface area (Å²) in [5.41, 5.74) is 1.53. The van der Waals surface area contributed by atoms with E-state index in [9.17, 15) is 14.0 Å². The van der Waals surface area contributed by atoms with E-state index >= 15 is 0 Å². The zero-order valence-electron chi connectivity index (χ0n) is 21.0. The van der Waals surface area contributed by atoms with Gasteiger partial charge in [0.2, 0.25) is 0 Å². The van der Waals surface area contributed by atoms with Crippen LogP contribution in [0.4, 0.5) is 10.2 Å². The van der Waals surface area contributed by atoms with Gasteiger partial charge < -0.3 is 15.5 Å². The number of amides is 2. The van der Waals surface area contributed by atoms with Crippen molar-refractivity contribution in [3.05, 3.63) is 95.0 Å². The van der Waals surface area contributed by atoms with E-state index in [1.807, 2.05) is 30.3 Å². The van der Waals surface area contributed by atoms with Gasteiger partial charge in [0.1, 0.15) is 17.3 Å². The van der Waals surface area contributed by atoms with Crippen molar-refractivity contribution in [1.82, 2.24) is 25.0 Å². The monoisotopic (exact) mass is 544 g/mol. The van der Waals surface area contributed by atoms with E-state index < -0.39 is 11.7 Å². The lowest BCUT2D eigenvalue weighted by Crippen LogP contribution is -2.57. The lowest BCUT2D eigenvalue weighted by atomic mass is 9.84. The van der Waals surface area contributed by atoms with Gasteiger partial charge in [-0.05, 0) is 68.2 Å². The molecule has 5 heterocycles. The van der Waals surface area contributed by atoms with Crippen LogP contribution in [-0.2, 0) is 0 Å². The molecule has 0 radical (unpaired) electrons. The third-order valence-corrected chi connectivity index (χ3v) is 7.73. The van der Waals surface area contributed by atoms with E-state index in [-0.39, 0.29) is 33.9 Å². The number of pyridine rings is 1. The molecule has 0 aliphatic carbocycles. The highest BCUT2D eigenvalue weighted by Crippen LogP contribution is 2.29. The molecule has 3 aliphatic rings. The minimum atomic E-state index is -0.528. The highest BCUT2D eigenvalue weighted by atomic mass is 35.5. The van der Waals surface area contributed by atoms with Gasteiger partial charge in [0.25, 0.3) is 11.8 Å². The fourth-order valence-corrected chi connectivity index (χ4v) is 5.55. The average Bonchev–Trinajstić information content (AvgIpc) is 3.39. The maximum Gasteiger partial charge on any atom is 0.272 e. The standard InChI is InChI=1S/C29H26ClFN6O2/c30-22-9-8-19(27-23(31)7-4-12-32-27)15-21(22)28(38)34-26-16-24(35-37(26)20-5-2-1-3-6-20)29(39)33-25-17-36-13-10-18(25)11-14-36/h1-9,12,15-16,18,25H,10-11,13-14,17H2,(H,33,39)(H,34,38). The number of carbonyl (C=O) groups is 2. The largest absolute Gasteiger partial charge is 0.346 e. The summed E-state index contributed by atoms with van der Waals surface area (Å²) in [6, 6.07) is 18.3. The highest BCUT2D eigenvalue weighted by molar-refractivity contribution is 6.34. The number of anilines is 1. The summed E-state index contributed by atoms with van der Waals surface area (Å²) < 4.78 is 15.9. The van der Waals surface area contributed by atoms with Crippen LogP contribution < -0.4 is 10.6 Å². The van der Waals surface area contributed by atoms with E-state index in [0.717, 1.165) is 32.5 Å². The number of carbonyl (C=O) groups excluding carboxylic acids is 2. The Bertz CT molecular complexity index is 1530. The summed E-state index contributed by atoms with van der Waals surface area (Å²) in [5.74, 6) is -0.556. The number of halogens is 2. The summed E-state index contributed by atoms with van der Waals surface area (Å²) in [6.45, 7) is 2.99. The van der Waals surface area contributed by atoms with Crippen molar-refractivity contribution in [1.29, 1.82) is 0 Å². The van der Waals surface area contributed by atoms with Crippen LogP contribution in [0, 0.1) is 11.7 Å². The van der Waals surface area contributed by atoms with Crippen LogP contribution in [0.25, 0.3) is 16.9 Å². The Morgan fingerprint density at radius 2 is 1.77 bits per heavy atom. The first-order valence-corrected chi connectivity index (χ1v) is 13.2. The van der Waals surface area contributed by atoms with Crippen molar-refractivity contribution in [2.45, 2.75) is 18.9 Å². The number of para-hydroxylation sites is 1. The highest BCUT2D eigenvalue weighted by Gasteiger charge is 2.35. The maximum absolute atomic E-state index is 14.3. The molecule has 3 aliphatic heterocycles. The minimum absolute atomic E-state index is 0.0773. The summed E-state index contributed by atoms with van der Waals surface area (Å²) in [4.78, 5) is 33.1. The quantitative estimate of drug-likeness (QED) is 0.364. The van der Waals surface area contributed by atoms with Gasteiger partial charge in [0.15, 0.2) is 5.69 Å². The van der Waals surface area contributed by atoms with Crippen LogP contribution in [0.15, 0.2) is 72.9 Å². The van der Waals surface area contributed by atoms with Crippen LogP contribution in [0.2, 0.25) is 5.02 Å². The fraction of sp³-hybridized carbons (Fsp3) is 0.241. The van der Waals surface area contributed by atoms with Crippen molar-refractivity contribution < 1.29 is 14.0 Å². The van der Waals surface area contributed by atoms with Crippen LogP contribution in [-0.4, -0.2) is 57.2 Å². The zero-order chi connectivity index (χ0) is 26.9. The summed E-state index contributed by atoms with van der Waals surface area (Å²) >= 11 is 6.37. The molecule has 3 saturated heterocycles. The van der Waals surface area contributed by atoms with Gasteiger partial charge in [0, 0.05) is 30.4 Å². The Morgan fingerprint density at radius 1 is 0.974 bits per heavy atom. The molecule has 2 aromatic heterocycles. The smallest absolute Gasteiger partial charge is 0.272 e. The van der Waals surface area contributed by atoms with Gasteiger partial charge in [0.05, 0.1) is 16.3 Å². The number of nitrogens with one attached hydrogen (secondary N) is 2. The van der Waals surface area contributed by atoms with Crippen molar-refractivity contribution >= 4 is 29.2 Å². The number of hydrogen-bond donors (Lipinski definition) is 2. The Kier molecular flexibility index (Phi) is 6.85. The van der Waals surface area contributed by atoms with Crippen molar-refractivity contribution in [3.63, 3.8) is 0 Å². The number of hydrogen-bond acceptors (Lipinski definition) is 5. The van der Waals surface area contributed by atoms with Gasteiger partial charge in [-0.2, -0.15) is 5.10 Å². The van der Waals surface area contributed by atoms with E-state index in [4.69, 9.17) is 11.6 Å². The van der Waals surface area contributed by atoms with Gasteiger partial charge in [-0.3, -0.25) is 14.6 Å².